The zero-order valence-corrected chi connectivity index (χ0v) is 16.4. The Morgan fingerprint density at radius 3 is 1.87 bits per heavy atom. The number of rotatable bonds is 5. The first-order valence-corrected chi connectivity index (χ1v) is 9.16. The van der Waals surface area contributed by atoms with Crippen molar-refractivity contribution < 1.29 is 31.1 Å². The van der Waals surface area contributed by atoms with Gasteiger partial charge in [0.05, 0.1) is 0 Å². The first kappa shape index (κ1) is 21.7. The van der Waals surface area contributed by atoms with E-state index >= 15 is 0 Å². The fraction of sp³-hybridized carbons (Fsp3) is 0.217. The van der Waals surface area contributed by atoms with Gasteiger partial charge in [0.1, 0.15) is 34.6 Å². The van der Waals surface area contributed by atoms with Gasteiger partial charge in [-0.2, -0.15) is 8.78 Å². The highest BCUT2D eigenvalue weighted by Crippen LogP contribution is 2.39. The Morgan fingerprint density at radius 2 is 1.33 bits per heavy atom. The minimum Gasteiger partial charge on any atom is -0.428 e. The molecule has 0 aliphatic rings. The van der Waals surface area contributed by atoms with Crippen LogP contribution in [-0.4, -0.2) is 0 Å². The maximum atomic E-state index is 14.6. The van der Waals surface area contributed by atoms with E-state index in [1.165, 1.54) is 0 Å². The summed E-state index contributed by atoms with van der Waals surface area (Å²) >= 11 is 0. The summed E-state index contributed by atoms with van der Waals surface area (Å²) in [4.78, 5) is 0. The Morgan fingerprint density at radius 1 is 0.767 bits per heavy atom. The molecule has 0 unspecified atom stereocenters. The van der Waals surface area contributed by atoms with Gasteiger partial charge in [0, 0.05) is 17.2 Å². The molecule has 0 fully saturated rings. The van der Waals surface area contributed by atoms with Crippen molar-refractivity contribution in [2.45, 2.75) is 33.3 Å². The van der Waals surface area contributed by atoms with Crippen LogP contribution in [0.5, 0.6) is 5.75 Å². The minimum absolute atomic E-state index is 0.0656. The lowest BCUT2D eigenvalue weighted by Gasteiger charge is -2.21. The van der Waals surface area contributed by atoms with Crippen LogP contribution in [-0.2, 0) is 12.5 Å². The van der Waals surface area contributed by atoms with Crippen LogP contribution in [0.4, 0.5) is 26.3 Å². The van der Waals surface area contributed by atoms with Gasteiger partial charge in [-0.1, -0.05) is 31.2 Å². The summed E-state index contributed by atoms with van der Waals surface area (Å²) in [5.74, 6) is -6.12. The van der Waals surface area contributed by atoms with Gasteiger partial charge in [0.15, 0.2) is 0 Å². The van der Waals surface area contributed by atoms with E-state index in [1.54, 1.807) is 24.3 Å². The van der Waals surface area contributed by atoms with Crippen LogP contribution in [0.2, 0.25) is 0 Å². The Bertz CT molecular complexity index is 1070. The van der Waals surface area contributed by atoms with Crippen molar-refractivity contribution in [3.8, 4) is 16.9 Å². The summed E-state index contributed by atoms with van der Waals surface area (Å²) in [7, 11) is 0. The maximum Gasteiger partial charge on any atom is 0.432 e. The van der Waals surface area contributed by atoms with Crippen molar-refractivity contribution in [3.63, 3.8) is 0 Å². The largest absolute Gasteiger partial charge is 0.432 e. The lowest BCUT2D eigenvalue weighted by Crippen LogP contribution is -2.26. The number of hydrogen-bond donors (Lipinski definition) is 0. The lowest BCUT2D eigenvalue weighted by molar-refractivity contribution is -0.190. The minimum atomic E-state index is -4.50. The van der Waals surface area contributed by atoms with Crippen LogP contribution >= 0.6 is 0 Å². The molecule has 7 heteroatoms. The van der Waals surface area contributed by atoms with Crippen molar-refractivity contribution in [2.24, 2.45) is 0 Å². The van der Waals surface area contributed by atoms with Gasteiger partial charge in [0.25, 0.3) is 0 Å². The average Bonchev–Trinajstić information content (AvgIpc) is 2.69. The smallest absolute Gasteiger partial charge is 0.428 e. The molecule has 0 bridgehead atoms. The highest BCUT2D eigenvalue weighted by molar-refractivity contribution is 5.64. The van der Waals surface area contributed by atoms with E-state index in [0.29, 0.717) is 11.6 Å². The molecule has 158 valence electrons. The van der Waals surface area contributed by atoms with E-state index in [0.717, 1.165) is 38.0 Å². The van der Waals surface area contributed by atoms with Crippen LogP contribution in [0.15, 0.2) is 42.5 Å². The monoisotopic (exact) mass is 424 g/mol. The molecular weight excluding hydrogens is 406 g/mol. The second kappa shape index (κ2) is 8.05. The van der Waals surface area contributed by atoms with Crippen LogP contribution in [0.25, 0.3) is 11.1 Å². The molecule has 0 N–H and O–H groups in total. The van der Waals surface area contributed by atoms with E-state index in [4.69, 9.17) is 0 Å². The third kappa shape index (κ3) is 4.01. The quantitative estimate of drug-likeness (QED) is 0.393. The maximum absolute atomic E-state index is 14.6. The summed E-state index contributed by atoms with van der Waals surface area (Å²) in [5.41, 5.74) is -0.905. The molecule has 0 saturated carbocycles. The van der Waals surface area contributed by atoms with Crippen molar-refractivity contribution in [1.82, 2.24) is 0 Å². The predicted octanol–water partition coefficient (Wildman–Crippen LogP) is 7.22. The molecule has 0 amide bonds. The zero-order chi connectivity index (χ0) is 22.2. The van der Waals surface area contributed by atoms with Gasteiger partial charge in [-0.05, 0) is 49.1 Å². The molecule has 30 heavy (non-hydrogen) atoms. The number of ether oxygens (including phenoxy) is 1. The molecule has 1 nitrogen and oxygen atoms in total. The van der Waals surface area contributed by atoms with Crippen molar-refractivity contribution in [1.29, 1.82) is 0 Å². The number of hydrogen-bond acceptors (Lipinski definition) is 1. The summed E-state index contributed by atoms with van der Waals surface area (Å²) in [5, 5.41) is 0. The third-order valence-corrected chi connectivity index (χ3v) is 4.91. The second-order valence-corrected chi connectivity index (χ2v) is 6.90. The summed E-state index contributed by atoms with van der Waals surface area (Å²) < 4.78 is 90.3. The summed E-state index contributed by atoms with van der Waals surface area (Å²) in [6, 6.07) is 8.87. The molecule has 3 aromatic rings. The third-order valence-electron chi connectivity index (χ3n) is 4.91. The van der Waals surface area contributed by atoms with E-state index in [-0.39, 0.29) is 11.1 Å². The zero-order valence-electron chi connectivity index (χ0n) is 16.4. The molecule has 0 aromatic heterocycles. The SMILES string of the molecule is CCc1ccc(-c2cc(F)c(C(F)(F)Oc3cc(F)c(C)c(F)c3C)c(F)c2)cc1. The topological polar surface area (TPSA) is 9.23 Å². The van der Waals surface area contributed by atoms with Gasteiger partial charge >= 0.3 is 6.11 Å². The van der Waals surface area contributed by atoms with Gasteiger partial charge in [-0.15, -0.1) is 0 Å². The Kier molecular flexibility index (Phi) is 5.83. The van der Waals surface area contributed by atoms with Crippen LogP contribution < -0.4 is 4.74 Å². The first-order valence-electron chi connectivity index (χ1n) is 9.16. The van der Waals surface area contributed by atoms with Crippen LogP contribution in [0.3, 0.4) is 0 Å². The van der Waals surface area contributed by atoms with Crippen LogP contribution in [0.1, 0.15) is 29.2 Å². The molecule has 0 aliphatic heterocycles. The molecular formula is C23H18F6O. The molecule has 0 spiro atoms. The van der Waals surface area contributed by atoms with Gasteiger partial charge in [-0.3, -0.25) is 0 Å². The number of benzene rings is 3. The van der Waals surface area contributed by atoms with Crippen molar-refractivity contribution in [2.75, 3.05) is 0 Å². The Balaban J connectivity index is 2.00. The standard InChI is InChI=1S/C23H18F6O/c1-4-14-5-7-15(8-6-14)16-9-18(25)21(19(26)10-16)23(28,29)30-20-11-17(24)12(2)22(27)13(20)3/h5-11H,4H2,1-3H3. The van der Waals surface area contributed by atoms with Gasteiger partial charge in [0.2, 0.25) is 0 Å². The highest BCUT2D eigenvalue weighted by atomic mass is 19.3. The molecule has 0 radical (unpaired) electrons. The van der Waals surface area contributed by atoms with E-state index in [9.17, 15) is 26.3 Å². The van der Waals surface area contributed by atoms with Crippen molar-refractivity contribution >= 4 is 0 Å². The molecule has 3 rings (SSSR count). The van der Waals surface area contributed by atoms with E-state index in [1.807, 2.05) is 6.92 Å². The molecule has 0 atom stereocenters. The molecule has 3 aromatic carbocycles. The summed E-state index contributed by atoms with van der Waals surface area (Å²) in [6.45, 7) is 4.17. The number of aryl methyl sites for hydroxylation is 1. The van der Waals surface area contributed by atoms with Gasteiger partial charge in [-0.25, -0.2) is 17.6 Å². The Hall–Kier alpha value is -2.96. The fourth-order valence-corrected chi connectivity index (χ4v) is 3.07. The van der Waals surface area contributed by atoms with Crippen LogP contribution in [0, 0.1) is 37.1 Å². The molecule has 0 heterocycles. The summed E-state index contributed by atoms with van der Waals surface area (Å²) in [6.07, 6.45) is -3.73. The van der Waals surface area contributed by atoms with Gasteiger partial charge < -0.3 is 4.74 Å². The highest BCUT2D eigenvalue weighted by Gasteiger charge is 2.42. The van der Waals surface area contributed by atoms with E-state index in [2.05, 4.69) is 4.74 Å². The average molecular weight is 424 g/mol. The Labute approximate surface area is 169 Å². The predicted molar refractivity (Wildman–Crippen MR) is 102 cm³/mol. The fourth-order valence-electron chi connectivity index (χ4n) is 3.07. The molecule has 0 aliphatic carbocycles. The first-order chi connectivity index (χ1) is 14.0. The lowest BCUT2D eigenvalue weighted by atomic mass is 10.0. The normalized spacial score (nSPS) is 11.6. The van der Waals surface area contributed by atoms with Crippen molar-refractivity contribution in [3.05, 3.63) is 88.0 Å². The number of alkyl halides is 2. The molecule has 0 saturated heterocycles. The second-order valence-electron chi connectivity index (χ2n) is 6.90. The van der Waals surface area contributed by atoms with E-state index < -0.39 is 46.3 Å². The number of halogens is 6.